The SMILES string of the molecule is N#Cc1ccc(N2CCC(CCC(=O)O)C2)c(F)c1. The van der Waals surface area contributed by atoms with E-state index in [-0.39, 0.29) is 6.42 Å². The molecule has 1 aliphatic rings. The maximum atomic E-state index is 13.8. The van der Waals surface area contributed by atoms with Crippen LogP contribution in [0.3, 0.4) is 0 Å². The topological polar surface area (TPSA) is 64.3 Å². The van der Waals surface area contributed by atoms with Crippen LogP contribution in [0.4, 0.5) is 10.1 Å². The van der Waals surface area contributed by atoms with Crippen molar-refractivity contribution in [2.75, 3.05) is 18.0 Å². The summed E-state index contributed by atoms with van der Waals surface area (Å²) in [7, 11) is 0. The number of rotatable bonds is 4. The molecule has 1 aromatic rings. The van der Waals surface area contributed by atoms with Gasteiger partial charge in [-0.3, -0.25) is 4.79 Å². The molecule has 0 amide bonds. The van der Waals surface area contributed by atoms with Crippen LogP contribution in [0.5, 0.6) is 0 Å². The highest BCUT2D eigenvalue weighted by molar-refractivity contribution is 5.66. The van der Waals surface area contributed by atoms with Gasteiger partial charge in [-0.2, -0.15) is 5.26 Å². The predicted octanol–water partition coefficient (Wildman–Crippen LogP) is 2.39. The van der Waals surface area contributed by atoms with Gasteiger partial charge in [-0.15, -0.1) is 0 Å². The van der Waals surface area contributed by atoms with Gasteiger partial charge in [-0.1, -0.05) is 0 Å². The number of hydrogen-bond donors (Lipinski definition) is 1. The quantitative estimate of drug-likeness (QED) is 0.904. The summed E-state index contributed by atoms with van der Waals surface area (Å²) in [5.74, 6) is -0.882. The van der Waals surface area contributed by atoms with Gasteiger partial charge in [-0.25, -0.2) is 4.39 Å². The Bertz CT molecular complexity index is 525. The normalized spacial score (nSPS) is 18.3. The van der Waals surface area contributed by atoms with Gasteiger partial charge in [0.1, 0.15) is 5.82 Å². The summed E-state index contributed by atoms with van der Waals surface area (Å²) >= 11 is 0. The second-order valence-electron chi connectivity index (χ2n) is 4.81. The molecule has 0 saturated carbocycles. The van der Waals surface area contributed by atoms with E-state index in [1.165, 1.54) is 6.07 Å². The van der Waals surface area contributed by atoms with Gasteiger partial charge in [0.05, 0.1) is 17.3 Å². The minimum atomic E-state index is -0.789. The smallest absolute Gasteiger partial charge is 0.303 e. The van der Waals surface area contributed by atoms with E-state index < -0.39 is 11.8 Å². The fourth-order valence-corrected chi connectivity index (χ4v) is 2.45. The van der Waals surface area contributed by atoms with Gasteiger partial charge < -0.3 is 10.0 Å². The summed E-state index contributed by atoms with van der Waals surface area (Å²) in [5.41, 5.74) is 0.805. The summed E-state index contributed by atoms with van der Waals surface area (Å²) in [6, 6.07) is 6.36. The average Bonchev–Trinajstić information content (AvgIpc) is 2.84. The first-order valence-corrected chi connectivity index (χ1v) is 6.26. The van der Waals surface area contributed by atoms with Crippen LogP contribution in [0.2, 0.25) is 0 Å². The molecular weight excluding hydrogens is 247 g/mol. The molecule has 1 heterocycles. The summed E-state index contributed by atoms with van der Waals surface area (Å²) in [6.07, 6.45) is 1.67. The predicted molar refractivity (Wildman–Crippen MR) is 68.3 cm³/mol. The number of halogens is 1. The standard InChI is InChI=1S/C14H15FN2O2/c15-12-7-11(8-16)1-3-13(12)17-6-5-10(9-17)2-4-14(18)19/h1,3,7,10H,2,4-6,9H2,(H,18,19). The number of benzene rings is 1. The van der Waals surface area contributed by atoms with Crippen molar-refractivity contribution in [1.82, 2.24) is 0 Å². The Morgan fingerprint density at radius 3 is 3.00 bits per heavy atom. The molecule has 0 aromatic heterocycles. The molecule has 1 aliphatic heterocycles. The zero-order chi connectivity index (χ0) is 13.8. The largest absolute Gasteiger partial charge is 0.481 e. The molecule has 1 unspecified atom stereocenters. The van der Waals surface area contributed by atoms with Gasteiger partial charge in [0.2, 0.25) is 0 Å². The molecule has 1 N–H and O–H groups in total. The molecule has 1 fully saturated rings. The second-order valence-corrected chi connectivity index (χ2v) is 4.81. The monoisotopic (exact) mass is 262 g/mol. The molecule has 0 aliphatic carbocycles. The maximum absolute atomic E-state index is 13.8. The van der Waals surface area contributed by atoms with Gasteiger partial charge in [0, 0.05) is 19.5 Å². The number of hydrogen-bond acceptors (Lipinski definition) is 3. The number of nitriles is 1. The number of nitrogens with zero attached hydrogens (tertiary/aromatic N) is 2. The Balaban J connectivity index is 2.01. The Hall–Kier alpha value is -2.09. The molecular formula is C14H15FN2O2. The molecule has 1 aromatic carbocycles. The van der Waals surface area contributed by atoms with Crippen molar-refractivity contribution in [2.45, 2.75) is 19.3 Å². The zero-order valence-corrected chi connectivity index (χ0v) is 10.5. The Morgan fingerprint density at radius 2 is 2.37 bits per heavy atom. The van der Waals surface area contributed by atoms with E-state index in [1.807, 2.05) is 11.0 Å². The van der Waals surface area contributed by atoms with E-state index in [1.54, 1.807) is 12.1 Å². The van der Waals surface area contributed by atoms with Crippen molar-refractivity contribution in [1.29, 1.82) is 5.26 Å². The van der Waals surface area contributed by atoms with E-state index in [2.05, 4.69) is 0 Å². The lowest BCUT2D eigenvalue weighted by Gasteiger charge is -2.19. The maximum Gasteiger partial charge on any atom is 0.303 e. The van der Waals surface area contributed by atoms with Crippen LogP contribution >= 0.6 is 0 Å². The fraction of sp³-hybridized carbons (Fsp3) is 0.429. The van der Waals surface area contributed by atoms with E-state index in [9.17, 15) is 9.18 Å². The lowest BCUT2D eigenvalue weighted by atomic mass is 10.0. The highest BCUT2D eigenvalue weighted by atomic mass is 19.1. The third-order valence-electron chi connectivity index (χ3n) is 3.47. The number of carboxylic acid groups (broad SMARTS) is 1. The molecule has 5 heteroatoms. The van der Waals surface area contributed by atoms with Crippen molar-refractivity contribution < 1.29 is 14.3 Å². The molecule has 100 valence electrons. The van der Waals surface area contributed by atoms with Gasteiger partial charge in [0.25, 0.3) is 0 Å². The fourth-order valence-electron chi connectivity index (χ4n) is 2.45. The molecule has 19 heavy (non-hydrogen) atoms. The van der Waals surface area contributed by atoms with Crippen LogP contribution in [0.15, 0.2) is 18.2 Å². The average molecular weight is 262 g/mol. The zero-order valence-electron chi connectivity index (χ0n) is 10.5. The third kappa shape index (κ3) is 3.22. The molecule has 4 nitrogen and oxygen atoms in total. The van der Waals surface area contributed by atoms with Crippen molar-refractivity contribution in [3.63, 3.8) is 0 Å². The van der Waals surface area contributed by atoms with Gasteiger partial charge in [-0.05, 0) is 37.0 Å². The van der Waals surface area contributed by atoms with E-state index in [0.29, 0.717) is 30.1 Å². The highest BCUT2D eigenvalue weighted by Crippen LogP contribution is 2.28. The van der Waals surface area contributed by atoms with E-state index in [4.69, 9.17) is 10.4 Å². The number of anilines is 1. The lowest BCUT2D eigenvalue weighted by Crippen LogP contribution is -2.21. The molecule has 0 spiro atoms. The van der Waals surface area contributed by atoms with E-state index >= 15 is 0 Å². The Morgan fingerprint density at radius 1 is 1.58 bits per heavy atom. The lowest BCUT2D eigenvalue weighted by molar-refractivity contribution is -0.137. The van der Waals surface area contributed by atoms with Crippen LogP contribution in [-0.2, 0) is 4.79 Å². The number of carboxylic acids is 1. The first kappa shape index (κ1) is 13.3. The van der Waals surface area contributed by atoms with Gasteiger partial charge >= 0.3 is 5.97 Å². The molecule has 2 rings (SSSR count). The summed E-state index contributed by atoms with van der Waals surface area (Å²) in [5, 5.41) is 17.4. The first-order chi connectivity index (χ1) is 9.10. The van der Waals surface area contributed by atoms with Crippen LogP contribution in [0, 0.1) is 23.1 Å². The van der Waals surface area contributed by atoms with Crippen molar-refractivity contribution in [2.24, 2.45) is 5.92 Å². The summed E-state index contributed by atoms with van der Waals surface area (Å²) in [6.45, 7) is 1.41. The summed E-state index contributed by atoms with van der Waals surface area (Å²) < 4.78 is 13.8. The minimum absolute atomic E-state index is 0.161. The second kappa shape index (κ2) is 5.70. The molecule has 1 saturated heterocycles. The molecule has 0 bridgehead atoms. The van der Waals surface area contributed by atoms with Crippen LogP contribution in [0.25, 0.3) is 0 Å². The first-order valence-electron chi connectivity index (χ1n) is 6.26. The van der Waals surface area contributed by atoms with Crippen LogP contribution in [0.1, 0.15) is 24.8 Å². The third-order valence-corrected chi connectivity index (χ3v) is 3.47. The van der Waals surface area contributed by atoms with Crippen LogP contribution < -0.4 is 4.90 Å². The Labute approximate surface area is 111 Å². The van der Waals surface area contributed by atoms with Crippen LogP contribution in [-0.4, -0.2) is 24.2 Å². The summed E-state index contributed by atoms with van der Waals surface area (Å²) in [4.78, 5) is 12.4. The van der Waals surface area contributed by atoms with Gasteiger partial charge in [0.15, 0.2) is 0 Å². The minimum Gasteiger partial charge on any atom is -0.481 e. The number of carbonyl (C=O) groups is 1. The molecule has 0 radical (unpaired) electrons. The van der Waals surface area contributed by atoms with Crippen molar-refractivity contribution in [3.8, 4) is 6.07 Å². The van der Waals surface area contributed by atoms with E-state index in [0.717, 1.165) is 13.0 Å². The van der Waals surface area contributed by atoms with Crippen molar-refractivity contribution in [3.05, 3.63) is 29.6 Å². The number of aliphatic carboxylic acids is 1. The molecule has 1 atom stereocenters. The Kier molecular flexibility index (Phi) is 4.00. The highest BCUT2D eigenvalue weighted by Gasteiger charge is 2.24. The van der Waals surface area contributed by atoms with Crippen molar-refractivity contribution >= 4 is 11.7 Å².